The summed E-state index contributed by atoms with van der Waals surface area (Å²) in [5.74, 6) is -1.07. The molecule has 2 N–H and O–H groups in total. The number of H-pyrrole nitrogens is 1. The van der Waals surface area contributed by atoms with Crippen LogP contribution in [0.2, 0.25) is 5.02 Å². The van der Waals surface area contributed by atoms with E-state index in [1.165, 1.54) is 17.2 Å². The first kappa shape index (κ1) is 20.4. The van der Waals surface area contributed by atoms with E-state index >= 15 is 0 Å². The number of hydrazone groups is 1. The van der Waals surface area contributed by atoms with Crippen molar-refractivity contribution in [2.45, 2.75) is 13.8 Å². The molecule has 0 bridgehead atoms. The molecule has 9 heteroatoms. The minimum absolute atomic E-state index is 0.123. The van der Waals surface area contributed by atoms with Crippen molar-refractivity contribution in [3.05, 3.63) is 91.1 Å². The average Bonchev–Trinajstić information content (AvgIpc) is 2.99. The molecule has 2 aromatic carbocycles. The van der Waals surface area contributed by atoms with Crippen molar-refractivity contribution < 1.29 is 9.90 Å². The summed E-state index contributed by atoms with van der Waals surface area (Å²) in [6.07, 6.45) is 1.23. The Morgan fingerprint density at radius 2 is 1.74 bits per heavy atom. The van der Waals surface area contributed by atoms with E-state index in [1.807, 2.05) is 19.1 Å². The van der Waals surface area contributed by atoms with Gasteiger partial charge in [-0.2, -0.15) is 10.1 Å². The number of carbonyl (C=O) groups is 1. The number of anilines is 1. The molecule has 2 heterocycles. The first-order chi connectivity index (χ1) is 14.8. The van der Waals surface area contributed by atoms with Gasteiger partial charge in [0.25, 0.3) is 11.5 Å². The van der Waals surface area contributed by atoms with Gasteiger partial charge in [-0.15, -0.1) is 0 Å². The Labute approximate surface area is 181 Å². The first-order valence-electron chi connectivity index (χ1n) is 9.29. The zero-order valence-corrected chi connectivity index (χ0v) is 17.3. The van der Waals surface area contributed by atoms with E-state index < -0.39 is 23.0 Å². The smallest absolute Gasteiger partial charge is 0.335 e. The molecule has 0 atom stereocenters. The van der Waals surface area contributed by atoms with Crippen molar-refractivity contribution in [3.8, 4) is 11.6 Å². The molecule has 0 fully saturated rings. The molecule has 1 amide bonds. The Kier molecular flexibility index (Phi) is 5.08. The van der Waals surface area contributed by atoms with E-state index in [-0.39, 0.29) is 16.8 Å². The summed E-state index contributed by atoms with van der Waals surface area (Å²) in [5.41, 5.74) is 0.437. The molecule has 1 aromatic heterocycles. The number of aryl methyl sites for hydroxylation is 1. The molecule has 0 radical (unpaired) electrons. The molecule has 0 aliphatic carbocycles. The summed E-state index contributed by atoms with van der Waals surface area (Å²) in [6.45, 7) is 3.55. The Hall–Kier alpha value is -3.91. The largest absolute Gasteiger partial charge is 0.494 e. The van der Waals surface area contributed by atoms with Gasteiger partial charge in [0.1, 0.15) is 5.56 Å². The quantitative estimate of drug-likeness (QED) is 0.615. The molecule has 0 saturated heterocycles. The van der Waals surface area contributed by atoms with E-state index in [9.17, 15) is 19.5 Å². The molecule has 0 spiro atoms. The number of rotatable bonds is 3. The molecule has 0 unspecified atom stereocenters. The minimum Gasteiger partial charge on any atom is -0.494 e. The summed E-state index contributed by atoms with van der Waals surface area (Å²) >= 11 is 5.98. The van der Waals surface area contributed by atoms with Crippen molar-refractivity contribution in [3.63, 3.8) is 0 Å². The zero-order chi connectivity index (χ0) is 22.3. The van der Waals surface area contributed by atoms with Gasteiger partial charge >= 0.3 is 5.69 Å². The van der Waals surface area contributed by atoms with E-state index in [4.69, 9.17) is 11.6 Å². The maximum Gasteiger partial charge on any atom is 0.335 e. The SMILES string of the molecule is CC1=NN(c2ccc(C)cc2)C(=O)/C1=C/c1c(O)n(-c2cccc(Cl)c2)c(=O)[nH]c1=O. The minimum atomic E-state index is -0.837. The van der Waals surface area contributed by atoms with Gasteiger partial charge in [0.2, 0.25) is 5.88 Å². The number of aromatic amines is 1. The van der Waals surface area contributed by atoms with Gasteiger partial charge in [-0.3, -0.25) is 14.6 Å². The summed E-state index contributed by atoms with van der Waals surface area (Å²) in [5, 5.41) is 16.6. The monoisotopic (exact) mass is 436 g/mol. The summed E-state index contributed by atoms with van der Waals surface area (Å²) in [7, 11) is 0. The lowest BCUT2D eigenvalue weighted by molar-refractivity contribution is -0.114. The van der Waals surface area contributed by atoms with Crippen LogP contribution >= 0.6 is 11.6 Å². The highest BCUT2D eigenvalue weighted by Crippen LogP contribution is 2.27. The highest BCUT2D eigenvalue weighted by molar-refractivity contribution is 6.32. The molecule has 1 aliphatic rings. The predicted octanol–water partition coefficient (Wildman–Crippen LogP) is 3.00. The third-order valence-corrected chi connectivity index (χ3v) is 5.05. The first-order valence-corrected chi connectivity index (χ1v) is 9.66. The zero-order valence-electron chi connectivity index (χ0n) is 16.6. The van der Waals surface area contributed by atoms with Crippen LogP contribution in [0.25, 0.3) is 11.8 Å². The van der Waals surface area contributed by atoms with Crippen LogP contribution in [0.3, 0.4) is 0 Å². The normalized spacial score (nSPS) is 14.9. The highest BCUT2D eigenvalue weighted by atomic mass is 35.5. The number of nitrogens with one attached hydrogen (secondary N) is 1. The maximum absolute atomic E-state index is 13.0. The van der Waals surface area contributed by atoms with Crippen LogP contribution < -0.4 is 16.3 Å². The van der Waals surface area contributed by atoms with E-state index in [2.05, 4.69) is 10.1 Å². The summed E-state index contributed by atoms with van der Waals surface area (Å²) in [4.78, 5) is 39.9. The Bertz CT molecular complexity index is 1380. The Balaban J connectivity index is 1.82. The number of benzene rings is 2. The Morgan fingerprint density at radius 1 is 1.03 bits per heavy atom. The number of aromatic hydroxyl groups is 1. The molecule has 0 saturated carbocycles. The van der Waals surface area contributed by atoms with Crippen molar-refractivity contribution in [2.75, 3.05) is 5.01 Å². The van der Waals surface area contributed by atoms with Crippen LogP contribution in [0.4, 0.5) is 5.69 Å². The number of hydrogen-bond acceptors (Lipinski definition) is 5. The fourth-order valence-electron chi connectivity index (χ4n) is 3.21. The van der Waals surface area contributed by atoms with Crippen LogP contribution in [0.1, 0.15) is 18.1 Å². The third-order valence-electron chi connectivity index (χ3n) is 4.82. The van der Waals surface area contributed by atoms with Crippen molar-refractivity contribution >= 4 is 35.0 Å². The molecule has 31 heavy (non-hydrogen) atoms. The van der Waals surface area contributed by atoms with Gasteiger partial charge in [0.05, 0.1) is 22.7 Å². The molecule has 8 nitrogen and oxygen atoms in total. The van der Waals surface area contributed by atoms with Crippen molar-refractivity contribution in [2.24, 2.45) is 5.10 Å². The molecule has 1 aliphatic heterocycles. The standard InChI is InChI=1S/C22H17ClN4O4/c1-12-6-8-15(9-7-12)27-21(30)17(13(2)25-27)11-18-19(28)24-22(31)26(20(18)29)16-5-3-4-14(23)10-16/h3-11,29H,1-2H3,(H,24,28,31)/b17-11+. The van der Waals surface area contributed by atoms with Crippen LogP contribution in [-0.2, 0) is 4.79 Å². The number of halogens is 1. The molecule has 4 rings (SSSR count). The average molecular weight is 437 g/mol. The number of aromatic nitrogens is 2. The second-order valence-corrected chi connectivity index (χ2v) is 7.44. The number of nitrogens with zero attached hydrogens (tertiary/aromatic N) is 3. The maximum atomic E-state index is 13.0. The topological polar surface area (TPSA) is 108 Å². The molecular formula is C22H17ClN4O4. The second kappa shape index (κ2) is 7.73. The number of carbonyl (C=O) groups excluding carboxylic acids is 1. The lowest BCUT2D eigenvalue weighted by Crippen LogP contribution is -2.30. The number of amides is 1. The van der Waals surface area contributed by atoms with Gasteiger partial charge in [-0.1, -0.05) is 35.4 Å². The molecule has 3 aromatic rings. The van der Waals surface area contributed by atoms with E-state index in [1.54, 1.807) is 37.3 Å². The van der Waals surface area contributed by atoms with Gasteiger partial charge in [-0.25, -0.2) is 9.36 Å². The van der Waals surface area contributed by atoms with Gasteiger partial charge < -0.3 is 5.11 Å². The van der Waals surface area contributed by atoms with Crippen LogP contribution in [0, 0.1) is 6.92 Å². The van der Waals surface area contributed by atoms with Crippen molar-refractivity contribution in [1.82, 2.24) is 9.55 Å². The van der Waals surface area contributed by atoms with Crippen LogP contribution in [0.15, 0.2) is 68.8 Å². The fraction of sp³-hybridized carbons (Fsp3) is 0.0909. The van der Waals surface area contributed by atoms with Gasteiger partial charge in [-0.05, 0) is 50.3 Å². The van der Waals surface area contributed by atoms with E-state index in [0.717, 1.165) is 10.1 Å². The van der Waals surface area contributed by atoms with E-state index in [0.29, 0.717) is 16.4 Å². The van der Waals surface area contributed by atoms with Gasteiger partial charge in [0, 0.05) is 5.02 Å². The fourth-order valence-corrected chi connectivity index (χ4v) is 3.40. The lowest BCUT2D eigenvalue weighted by Gasteiger charge is -2.12. The Morgan fingerprint density at radius 3 is 2.42 bits per heavy atom. The van der Waals surface area contributed by atoms with Crippen LogP contribution in [-0.4, -0.2) is 26.3 Å². The van der Waals surface area contributed by atoms with Crippen LogP contribution in [0.5, 0.6) is 5.88 Å². The number of hydrogen-bond donors (Lipinski definition) is 2. The summed E-state index contributed by atoms with van der Waals surface area (Å²) < 4.78 is 0.906. The summed E-state index contributed by atoms with van der Waals surface area (Å²) in [6, 6.07) is 13.5. The second-order valence-electron chi connectivity index (χ2n) is 7.01. The molecular weight excluding hydrogens is 420 g/mol. The predicted molar refractivity (Wildman–Crippen MR) is 119 cm³/mol. The van der Waals surface area contributed by atoms with Crippen molar-refractivity contribution in [1.29, 1.82) is 0 Å². The lowest BCUT2D eigenvalue weighted by atomic mass is 10.1. The molecule has 156 valence electrons. The third kappa shape index (κ3) is 3.69. The highest BCUT2D eigenvalue weighted by Gasteiger charge is 2.29. The van der Waals surface area contributed by atoms with Gasteiger partial charge in [0.15, 0.2) is 0 Å².